The van der Waals surface area contributed by atoms with E-state index in [2.05, 4.69) is 17.2 Å². The number of rotatable bonds is 18. The lowest BCUT2D eigenvalue weighted by molar-refractivity contribution is -0.137. The van der Waals surface area contributed by atoms with Crippen molar-refractivity contribution in [3.05, 3.63) is 0 Å². The third-order valence-electron chi connectivity index (χ3n) is 5.64. The van der Waals surface area contributed by atoms with Gasteiger partial charge in [-0.25, -0.2) is 0 Å². The molecule has 0 amide bonds. The Morgan fingerprint density at radius 2 is 1.62 bits per heavy atom. The summed E-state index contributed by atoms with van der Waals surface area (Å²) in [5, 5.41) is 22.1. The Bertz CT molecular complexity index is 512. The second-order valence-electron chi connectivity index (χ2n) is 8.19. The van der Waals surface area contributed by atoms with Crippen LogP contribution in [0.4, 0.5) is 0 Å². The van der Waals surface area contributed by atoms with Crippen molar-refractivity contribution in [3.8, 4) is 0 Å². The number of aliphatic imine (C=N–C) groups is 1. The van der Waals surface area contributed by atoms with Crippen LogP contribution in [0.1, 0.15) is 90.9 Å². The fourth-order valence-electron chi connectivity index (χ4n) is 3.81. The number of unbranched alkanes of at least 4 members (excludes halogenated alkanes) is 10. The van der Waals surface area contributed by atoms with E-state index in [1.54, 1.807) is 6.21 Å². The molecule has 2 unspecified atom stereocenters. The summed E-state index contributed by atoms with van der Waals surface area (Å²) in [5.41, 5.74) is 0. The molecule has 0 fully saturated rings. The van der Waals surface area contributed by atoms with Gasteiger partial charge in [0.15, 0.2) is 11.6 Å². The molecular weight excluding hydrogens is 370 g/mol. The van der Waals surface area contributed by atoms with Crippen LogP contribution in [0.15, 0.2) is 4.99 Å². The highest BCUT2D eigenvalue weighted by atomic mass is 16.4. The Morgan fingerprint density at radius 3 is 2.14 bits per heavy atom. The Balaban J connectivity index is 2.36. The first kappa shape index (κ1) is 25.7. The molecule has 0 bridgehead atoms. The van der Waals surface area contributed by atoms with Crippen molar-refractivity contribution in [1.82, 2.24) is 10.2 Å². The quantitative estimate of drug-likeness (QED) is 0.299. The number of aliphatic hydroxyl groups is 1. The molecule has 0 aromatic heterocycles. The summed E-state index contributed by atoms with van der Waals surface area (Å²) in [4.78, 5) is 28.9. The molecule has 0 spiro atoms. The number of Topliss-reactive ketones (excluding diaryl/α,β-unsaturated/α-hetero) is 1. The fraction of sp³-hybridized carbons (Fsp3) is 0.864. The van der Waals surface area contributed by atoms with Gasteiger partial charge in [-0.15, -0.1) is 0 Å². The zero-order valence-corrected chi connectivity index (χ0v) is 18.4. The number of hydrogen-bond acceptors (Lipinski definition) is 6. The molecule has 1 aliphatic heterocycles. The first-order chi connectivity index (χ1) is 13.9. The van der Waals surface area contributed by atoms with Crippen LogP contribution in [0.2, 0.25) is 0 Å². The van der Waals surface area contributed by atoms with Crippen molar-refractivity contribution in [2.75, 3.05) is 19.6 Å². The molecule has 1 heterocycles. The summed E-state index contributed by atoms with van der Waals surface area (Å²) in [6.45, 7) is 4.04. The molecular formula is C22H41N3O4. The predicted molar refractivity (Wildman–Crippen MR) is 116 cm³/mol. The average Bonchev–Trinajstić information content (AvgIpc) is 3.07. The Hall–Kier alpha value is -1.31. The van der Waals surface area contributed by atoms with Gasteiger partial charge in [0.1, 0.15) is 6.10 Å². The highest BCUT2D eigenvalue weighted by Gasteiger charge is 2.39. The van der Waals surface area contributed by atoms with E-state index in [1.165, 1.54) is 64.7 Å². The van der Waals surface area contributed by atoms with E-state index >= 15 is 0 Å². The van der Waals surface area contributed by atoms with Gasteiger partial charge >= 0.3 is 5.97 Å². The van der Waals surface area contributed by atoms with Gasteiger partial charge < -0.3 is 10.2 Å². The van der Waals surface area contributed by atoms with E-state index in [4.69, 9.17) is 5.11 Å². The number of ketones is 1. The first-order valence-corrected chi connectivity index (χ1v) is 11.4. The lowest BCUT2D eigenvalue weighted by Crippen LogP contribution is -2.58. The number of nitrogens with zero attached hydrogens (tertiary/aromatic N) is 2. The number of aliphatic carboxylic acids is 1. The minimum Gasteiger partial charge on any atom is -0.480 e. The topological polar surface area (TPSA) is 102 Å². The first-order valence-electron chi connectivity index (χ1n) is 11.4. The zero-order chi connectivity index (χ0) is 21.5. The second kappa shape index (κ2) is 14.6. The summed E-state index contributed by atoms with van der Waals surface area (Å²) >= 11 is 0. The number of carboxylic acids is 1. The predicted octanol–water partition coefficient (Wildman–Crippen LogP) is 3.35. The third kappa shape index (κ3) is 10.3. The van der Waals surface area contributed by atoms with Crippen LogP contribution in [0.3, 0.4) is 0 Å². The van der Waals surface area contributed by atoms with Crippen LogP contribution in [0, 0.1) is 0 Å². The minimum atomic E-state index is -1.08. The molecule has 0 radical (unpaired) electrons. The van der Waals surface area contributed by atoms with Crippen LogP contribution in [0.5, 0.6) is 0 Å². The summed E-state index contributed by atoms with van der Waals surface area (Å²) in [7, 11) is 0. The van der Waals surface area contributed by atoms with E-state index < -0.39 is 17.9 Å². The molecule has 0 saturated carbocycles. The van der Waals surface area contributed by atoms with E-state index in [-0.39, 0.29) is 18.9 Å². The molecule has 0 aromatic carbocycles. The molecule has 7 nitrogen and oxygen atoms in total. The standard InChI is InChI=1S/C22H41N3O4/c1-3-4-5-6-7-8-9-10-11-12-13-14-22(24-17-21(28)29)23-15-16-25(22)18-20(27)19(2)26/h15,20,24,27H,3-14,16-18H2,1-2H3,(H,28,29). The number of β-amino-alcohol motifs (C(OH)–C–C–N with tert-alkyl or cyclic N) is 1. The largest absolute Gasteiger partial charge is 0.480 e. The zero-order valence-electron chi connectivity index (χ0n) is 18.4. The Kier molecular flexibility index (Phi) is 13.0. The molecule has 0 aromatic rings. The Morgan fingerprint density at radius 1 is 1.07 bits per heavy atom. The summed E-state index contributed by atoms with van der Waals surface area (Å²) in [5.74, 6) is -2.08. The third-order valence-corrected chi connectivity index (χ3v) is 5.64. The molecule has 1 rings (SSSR count). The SMILES string of the molecule is CCCCCCCCCCCCCC1(NCC(=O)O)N=CCN1CC(O)C(C)=O. The van der Waals surface area contributed by atoms with E-state index in [0.29, 0.717) is 13.0 Å². The van der Waals surface area contributed by atoms with Crippen molar-refractivity contribution < 1.29 is 19.8 Å². The van der Waals surface area contributed by atoms with Crippen molar-refractivity contribution in [1.29, 1.82) is 0 Å². The fourth-order valence-corrected chi connectivity index (χ4v) is 3.81. The maximum absolute atomic E-state index is 11.4. The lowest BCUT2D eigenvalue weighted by Gasteiger charge is -2.37. The molecule has 168 valence electrons. The highest BCUT2D eigenvalue weighted by Crippen LogP contribution is 2.26. The van der Waals surface area contributed by atoms with Crippen molar-refractivity contribution in [2.24, 2.45) is 4.99 Å². The van der Waals surface area contributed by atoms with Crippen LogP contribution < -0.4 is 5.32 Å². The van der Waals surface area contributed by atoms with Gasteiger partial charge in [0.25, 0.3) is 0 Å². The maximum atomic E-state index is 11.4. The number of nitrogens with one attached hydrogen (secondary N) is 1. The van der Waals surface area contributed by atoms with Gasteiger partial charge in [-0.2, -0.15) is 0 Å². The number of hydrogen-bond donors (Lipinski definition) is 3. The van der Waals surface area contributed by atoms with Gasteiger partial charge in [0.05, 0.1) is 6.54 Å². The number of carbonyl (C=O) groups is 2. The van der Waals surface area contributed by atoms with Crippen LogP contribution >= 0.6 is 0 Å². The van der Waals surface area contributed by atoms with Gasteiger partial charge in [0.2, 0.25) is 0 Å². The molecule has 0 aliphatic carbocycles. The van der Waals surface area contributed by atoms with Crippen LogP contribution in [0.25, 0.3) is 0 Å². The molecule has 2 atom stereocenters. The summed E-state index contributed by atoms with van der Waals surface area (Å²) in [6, 6.07) is 0. The van der Waals surface area contributed by atoms with Gasteiger partial charge in [-0.3, -0.25) is 24.8 Å². The Labute approximate surface area is 176 Å². The molecule has 0 saturated heterocycles. The minimum absolute atomic E-state index is 0.153. The molecule has 3 N–H and O–H groups in total. The molecule has 7 heteroatoms. The molecule has 1 aliphatic rings. The number of carboxylic acid groups (broad SMARTS) is 1. The summed E-state index contributed by atoms with van der Waals surface area (Å²) in [6.07, 6.45) is 15.0. The second-order valence-corrected chi connectivity index (χ2v) is 8.19. The van der Waals surface area contributed by atoms with Gasteiger partial charge in [-0.05, 0) is 13.3 Å². The van der Waals surface area contributed by atoms with Crippen molar-refractivity contribution in [3.63, 3.8) is 0 Å². The van der Waals surface area contributed by atoms with E-state index in [9.17, 15) is 14.7 Å². The lowest BCUT2D eigenvalue weighted by atomic mass is 10.0. The summed E-state index contributed by atoms with van der Waals surface area (Å²) < 4.78 is 0. The monoisotopic (exact) mass is 411 g/mol. The number of carbonyl (C=O) groups excluding carboxylic acids is 1. The van der Waals surface area contributed by atoms with E-state index in [1.807, 2.05) is 4.90 Å². The maximum Gasteiger partial charge on any atom is 0.317 e. The van der Waals surface area contributed by atoms with Crippen LogP contribution in [-0.2, 0) is 9.59 Å². The average molecular weight is 412 g/mol. The molecule has 29 heavy (non-hydrogen) atoms. The number of aliphatic hydroxyl groups excluding tert-OH is 1. The van der Waals surface area contributed by atoms with Crippen molar-refractivity contribution in [2.45, 2.75) is 103 Å². The highest BCUT2D eigenvalue weighted by molar-refractivity contribution is 5.80. The van der Waals surface area contributed by atoms with Crippen molar-refractivity contribution >= 4 is 18.0 Å². The van der Waals surface area contributed by atoms with Gasteiger partial charge in [-0.1, -0.05) is 71.1 Å². The normalized spacial score (nSPS) is 20.2. The smallest absolute Gasteiger partial charge is 0.317 e. The van der Waals surface area contributed by atoms with Crippen LogP contribution in [-0.4, -0.2) is 64.6 Å². The van der Waals surface area contributed by atoms with Gasteiger partial charge in [0, 0.05) is 25.7 Å². The van der Waals surface area contributed by atoms with E-state index in [0.717, 1.165) is 12.8 Å².